The van der Waals surface area contributed by atoms with Crippen molar-refractivity contribution >= 4 is 21.9 Å². The average molecular weight is 377 g/mol. The van der Waals surface area contributed by atoms with Crippen LogP contribution in [0, 0.1) is 0 Å². The molecule has 5 aromatic heterocycles. The number of nitrogens with one attached hydrogen (secondary N) is 3. The van der Waals surface area contributed by atoms with Crippen LogP contribution in [0.5, 0.6) is 0 Å². The van der Waals surface area contributed by atoms with E-state index in [1.165, 1.54) is 0 Å². The van der Waals surface area contributed by atoms with E-state index < -0.39 is 0 Å². The van der Waals surface area contributed by atoms with Gasteiger partial charge in [-0.15, -0.1) is 0 Å². The van der Waals surface area contributed by atoms with Gasteiger partial charge in [0.25, 0.3) is 0 Å². The second-order valence-electron chi connectivity index (χ2n) is 6.84. The summed E-state index contributed by atoms with van der Waals surface area (Å²) in [6.07, 6.45) is 7.29. The van der Waals surface area contributed by atoms with E-state index in [1.807, 2.05) is 42.7 Å². The second-order valence-corrected chi connectivity index (χ2v) is 6.84. The summed E-state index contributed by atoms with van der Waals surface area (Å²) in [5, 5.41) is 16.6. The highest BCUT2D eigenvalue weighted by atomic mass is 15.1. The van der Waals surface area contributed by atoms with Crippen LogP contribution in [0.1, 0.15) is 0 Å². The molecule has 0 amide bonds. The molecule has 6 rings (SSSR count). The van der Waals surface area contributed by atoms with Gasteiger partial charge in [0.2, 0.25) is 0 Å². The highest BCUT2D eigenvalue weighted by Gasteiger charge is 2.15. The summed E-state index contributed by atoms with van der Waals surface area (Å²) in [5.74, 6) is 0. The molecule has 0 saturated carbocycles. The van der Waals surface area contributed by atoms with Crippen molar-refractivity contribution in [1.29, 1.82) is 0 Å². The third kappa shape index (κ3) is 2.52. The van der Waals surface area contributed by atoms with Crippen molar-refractivity contribution in [1.82, 2.24) is 35.3 Å². The lowest BCUT2D eigenvalue weighted by molar-refractivity contribution is 1.09. The zero-order chi connectivity index (χ0) is 19.2. The van der Waals surface area contributed by atoms with Crippen LogP contribution in [0.2, 0.25) is 0 Å². The molecule has 0 aliphatic heterocycles. The first-order chi connectivity index (χ1) is 14.4. The predicted octanol–water partition coefficient (Wildman–Crippen LogP) is 4.56. The standard InChI is InChI=1S/C22H15N7/c1-2-7-23-18(3-1)15-6-8-24-22-16(15)10-20(27-22)21-17-9-13(14-11-25-26-12-14)4-5-19(17)28-29-21/h1-12H,(H,24,27)(H,25,26)(H,28,29). The van der Waals surface area contributed by atoms with Crippen molar-refractivity contribution in [2.75, 3.05) is 0 Å². The highest BCUT2D eigenvalue weighted by Crippen LogP contribution is 2.33. The number of rotatable bonds is 3. The number of nitrogens with zero attached hydrogens (tertiary/aromatic N) is 4. The van der Waals surface area contributed by atoms with Gasteiger partial charge in [0.05, 0.1) is 23.1 Å². The lowest BCUT2D eigenvalue weighted by Gasteiger charge is -2.00. The van der Waals surface area contributed by atoms with Gasteiger partial charge in [-0.25, -0.2) is 4.98 Å². The minimum Gasteiger partial charge on any atom is -0.338 e. The number of H-pyrrole nitrogens is 3. The summed E-state index contributed by atoms with van der Waals surface area (Å²) in [6.45, 7) is 0. The van der Waals surface area contributed by atoms with E-state index >= 15 is 0 Å². The van der Waals surface area contributed by atoms with Gasteiger partial charge in [-0.05, 0) is 42.0 Å². The highest BCUT2D eigenvalue weighted by molar-refractivity contribution is 6.00. The van der Waals surface area contributed by atoms with Gasteiger partial charge < -0.3 is 4.98 Å². The first kappa shape index (κ1) is 15.8. The van der Waals surface area contributed by atoms with E-state index in [4.69, 9.17) is 0 Å². The summed E-state index contributed by atoms with van der Waals surface area (Å²) in [7, 11) is 0. The first-order valence-electron chi connectivity index (χ1n) is 9.23. The molecule has 7 heteroatoms. The number of pyridine rings is 2. The van der Waals surface area contributed by atoms with Crippen LogP contribution < -0.4 is 0 Å². The first-order valence-corrected chi connectivity index (χ1v) is 9.23. The summed E-state index contributed by atoms with van der Waals surface area (Å²) in [6, 6.07) is 16.2. The zero-order valence-corrected chi connectivity index (χ0v) is 15.2. The summed E-state index contributed by atoms with van der Waals surface area (Å²) in [5.41, 5.74) is 7.62. The van der Waals surface area contributed by atoms with Crippen LogP contribution in [-0.2, 0) is 0 Å². The second kappa shape index (κ2) is 6.13. The van der Waals surface area contributed by atoms with Gasteiger partial charge in [-0.3, -0.25) is 15.2 Å². The fourth-order valence-electron chi connectivity index (χ4n) is 3.71. The maximum atomic E-state index is 4.56. The summed E-state index contributed by atoms with van der Waals surface area (Å²) < 4.78 is 0. The molecule has 5 heterocycles. The van der Waals surface area contributed by atoms with Gasteiger partial charge in [0.1, 0.15) is 11.3 Å². The van der Waals surface area contributed by atoms with Gasteiger partial charge in [0, 0.05) is 40.5 Å². The Kier molecular flexibility index (Phi) is 3.33. The van der Waals surface area contributed by atoms with Crippen molar-refractivity contribution in [3.63, 3.8) is 0 Å². The molecule has 1 aromatic carbocycles. The van der Waals surface area contributed by atoms with Crippen molar-refractivity contribution in [3.8, 4) is 33.8 Å². The molecule has 0 bridgehead atoms. The van der Waals surface area contributed by atoms with Crippen molar-refractivity contribution in [2.45, 2.75) is 0 Å². The molecule has 138 valence electrons. The SMILES string of the molecule is c1ccc(-c2ccnc3[nH]c(-c4n[nH]c5ccc(-c6cn[nH]c6)cc45)cc23)nc1. The Morgan fingerprint density at radius 3 is 2.69 bits per heavy atom. The minimum atomic E-state index is 0.810. The molecule has 0 saturated heterocycles. The Morgan fingerprint density at radius 2 is 1.83 bits per heavy atom. The molecule has 0 fully saturated rings. The Hall–Kier alpha value is -4.26. The monoisotopic (exact) mass is 377 g/mol. The summed E-state index contributed by atoms with van der Waals surface area (Å²) in [4.78, 5) is 12.4. The maximum absolute atomic E-state index is 4.56. The predicted molar refractivity (Wildman–Crippen MR) is 112 cm³/mol. The van der Waals surface area contributed by atoms with Crippen molar-refractivity contribution < 1.29 is 0 Å². The lowest BCUT2D eigenvalue weighted by atomic mass is 10.0. The molecule has 0 spiro atoms. The molecule has 0 aliphatic carbocycles. The number of aromatic amines is 3. The fraction of sp³-hybridized carbons (Fsp3) is 0. The van der Waals surface area contributed by atoms with E-state index in [-0.39, 0.29) is 0 Å². The van der Waals surface area contributed by atoms with E-state index in [1.54, 1.807) is 12.4 Å². The third-order valence-corrected chi connectivity index (χ3v) is 5.12. The molecule has 0 aliphatic rings. The van der Waals surface area contributed by atoms with E-state index in [0.29, 0.717) is 0 Å². The quantitative estimate of drug-likeness (QED) is 0.421. The minimum absolute atomic E-state index is 0.810. The Labute approximate surface area is 164 Å². The molecule has 3 N–H and O–H groups in total. The van der Waals surface area contributed by atoms with Crippen LogP contribution in [0.25, 0.3) is 55.7 Å². The van der Waals surface area contributed by atoms with E-state index in [2.05, 4.69) is 53.5 Å². The molecule has 0 radical (unpaired) electrons. The van der Waals surface area contributed by atoms with Crippen LogP contribution >= 0.6 is 0 Å². The fourth-order valence-corrected chi connectivity index (χ4v) is 3.71. The number of benzene rings is 1. The average Bonchev–Trinajstić information content (AvgIpc) is 3.52. The van der Waals surface area contributed by atoms with Crippen molar-refractivity contribution in [3.05, 3.63) is 73.3 Å². The van der Waals surface area contributed by atoms with E-state index in [0.717, 1.165) is 55.7 Å². The Bertz CT molecular complexity index is 1440. The maximum Gasteiger partial charge on any atom is 0.138 e. The van der Waals surface area contributed by atoms with Crippen LogP contribution in [-0.4, -0.2) is 35.3 Å². The van der Waals surface area contributed by atoms with Gasteiger partial charge in [-0.1, -0.05) is 12.1 Å². The molecular formula is C22H15N7. The third-order valence-electron chi connectivity index (χ3n) is 5.12. The Morgan fingerprint density at radius 1 is 0.828 bits per heavy atom. The molecule has 7 nitrogen and oxygen atoms in total. The number of hydrogen-bond donors (Lipinski definition) is 3. The van der Waals surface area contributed by atoms with Crippen molar-refractivity contribution in [2.24, 2.45) is 0 Å². The smallest absolute Gasteiger partial charge is 0.138 e. The molecule has 6 aromatic rings. The summed E-state index contributed by atoms with van der Waals surface area (Å²) >= 11 is 0. The normalized spacial score (nSPS) is 11.4. The zero-order valence-electron chi connectivity index (χ0n) is 15.2. The lowest BCUT2D eigenvalue weighted by Crippen LogP contribution is -1.84. The molecular weight excluding hydrogens is 362 g/mol. The van der Waals surface area contributed by atoms with Crippen LogP contribution in [0.15, 0.2) is 73.3 Å². The molecule has 29 heavy (non-hydrogen) atoms. The van der Waals surface area contributed by atoms with Gasteiger partial charge in [0.15, 0.2) is 0 Å². The van der Waals surface area contributed by atoms with Crippen LogP contribution in [0.3, 0.4) is 0 Å². The van der Waals surface area contributed by atoms with Gasteiger partial charge in [-0.2, -0.15) is 10.2 Å². The van der Waals surface area contributed by atoms with E-state index in [9.17, 15) is 0 Å². The number of hydrogen-bond acceptors (Lipinski definition) is 4. The number of fused-ring (bicyclic) bond motifs is 2. The van der Waals surface area contributed by atoms with Gasteiger partial charge >= 0.3 is 0 Å². The number of aromatic nitrogens is 7. The molecule has 0 unspecified atom stereocenters. The topological polar surface area (TPSA) is 98.9 Å². The molecule has 0 atom stereocenters. The largest absolute Gasteiger partial charge is 0.338 e. The Balaban J connectivity index is 1.54. The van der Waals surface area contributed by atoms with Crippen LogP contribution in [0.4, 0.5) is 0 Å².